The molecule has 1 aromatic carbocycles. The molecule has 0 saturated carbocycles. The van der Waals surface area contributed by atoms with Gasteiger partial charge in [-0.05, 0) is 64.8 Å². The molecule has 1 aromatic rings. The van der Waals surface area contributed by atoms with Crippen LogP contribution in [0.2, 0.25) is 0 Å². The summed E-state index contributed by atoms with van der Waals surface area (Å²) in [5.41, 5.74) is 3.01. The molecular weight excluding hydrogens is 314 g/mol. The molecule has 1 fully saturated rings. The molecule has 1 amide bonds. The molecule has 0 aliphatic carbocycles. The number of ether oxygens (including phenoxy) is 1. The first-order chi connectivity index (χ1) is 11.8. The normalized spacial score (nSPS) is 21.3. The van der Waals surface area contributed by atoms with Gasteiger partial charge in [0.15, 0.2) is 0 Å². The Bertz CT molecular complexity index is 624. The van der Waals surface area contributed by atoms with Crippen molar-refractivity contribution in [2.45, 2.75) is 58.2 Å². The predicted octanol–water partition coefficient (Wildman–Crippen LogP) is 3.17. The number of nitrogens with zero attached hydrogens (tertiary/aromatic N) is 2. The van der Waals surface area contributed by atoms with Crippen molar-refractivity contribution < 1.29 is 9.53 Å². The van der Waals surface area contributed by atoms with Gasteiger partial charge in [0.2, 0.25) is 0 Å². The van der Waals surface area contributed by atoms with E-state index in [9.17, 15) is 4.79 Å². The third kappa shape index (κ3) is 4.53. The number of anilines is 1. The van der Waals surface area contributed by atoms with Gasteiger partial charge < -0.3 is 15.0 Å². The van der Waals surface area contributed by atoms with Crippen molar-refractivity contribution in [3.8, 4) is 0 Å². The Balaban J connectivity index is 1.72. The minimum atomic E-state index is -0.473. The number of likely N-dealkylation sites (tertiary alicyclic amines) is 1. The van der Waals surface area contributed by atoms with Crippen molar-refractivity contribution in [2.24, 2.45) is 0 Å². The fourth-order valence-electron chi connectivity index (χ4n) is 3.77. The molecule has 2 heterocycles. The Kier molecular flexibility index (Phi) is 5.35. The average molecular weight is 345 g/mol. The van der Waals surface area contributed by atoms with E-state index in [1.807, 2.05) is 25.7 Å². The molecule has 1 N–H and O–H groups in total. The Hall–Kier alpha value is -1.59. The Morgan fingerprint density at radius 2 is 2.12 bits per heavy atom. The number of fused-ring (bicyclic) bond motifs is 1. The summed E-state index contributed by atoms with van der Waals surface area (Å²) < 4.78 is 5.60. The number of carbonyl (C=O) groups excluding carboxylic acids is 1. The van der Waals surface area contributed by atoms with E-state index in [-0.39, 0.29) is 6.09 Å². The van der Waals surface area contributed by atoms with E-state index in [0.29, 0.717) is 12.6 Å². The number of para-hydroxylation sites is 1. The van der Waals surface area contributed by atoms with E-state index in [1.54, 1.807) is 0 Å². The van der Waals surface area contributed by atoms with E-state index in [2.05, 4.69) is 35.5 Å². The minimum absolute atomic E-state index is 0.240. The third-order valence-corrected chi connectivity index (χ3v) is 4.90. The standard InChI is InChI=1S/C20H31N3O2/c1-20(2,3)25-19(24)23-12-10-15-7-5-8-16(18(15)23)13-21-17-9-6-11-22(4)14-17/h5,7-8,17,21H,6,9-14H2,1-4H3. The lowest BCUT2D eigenvalue weighted by Crippen LogP contribution is -2.43. The van der Waals surface area contributed by atoms with Gasteiger partial charge in [0.25, 0.3) is 0 Å². The molecule has 2 aliphatic rings. The van der Waals surface area contributed by atoms with Crippen molar-refractivity contribution in [1.82, 2.24) is 10.2 Å². The van der Waals surface area contributed by atoms with Gasteiger partial charge in [-0.3, -0.25) is 4.90 Å². The lowest BCUT2D eigenvalue weighted by atomic mass is 10.0. The number of amides is 1. The molecule has 0 bridgehead atoms. The van der Waals surface area contributed by atoms with Gasteiger partial charge >= 0.3 is 6.09 Å². The number of hydrogen-bond acceptors (Lipinski definition) is 4. The lowest BCUT2D eigenvalue weighted by molar-refractivity contribution is 0.0583. The number of nitrogens with one attached hydrogen (secondary N) is 1. The summed E-state index contributed by atoms with van der Waals surface area (Å²) in [4.78, 5) is 16.8. The fourth-order valence-corrected chi connectivity index (χ4v) is 3.77. The van der Waals surface area contributed by atoms with Crippen molar-refractivity contribution in [3.63, 3.8) is 0 Å². The first-order valence-electron chi connectivity index (χ1n) is 9.37. The monoisotopic (exact) mass is 345 g/mol. The van der Waals surface area contributed by atoms with Gasteiger partial charge in [0.1, 0.15) is 5.60 Å². The van der Waals surface area contributed by atoms with Crippen LogP contribution in [0.1, 0.15) is 44.7 Å². The summed E-state index contributed by atoms with van der Waals surface area (Å²) >= 11 is 0. The van der Waals surface area contributed by atoms with Gasteiger partial charge in [-0.2, -0.15) is 0 Å². The second kappa shape index (κ2) is 7.34. The third-order valence-electron chi connectivity index (χ3n) is 4.90. The molecule has 1 saturated heterocycles. The maximum absolute atomic E-state index is 12.6. The van der Waals surface area contributed by atoms with Gasteiger partial charge in [0, 0.05) is 25.7 Å². The molecule has 1 unspecified atom stereocenters. The highest BCUT2D eigenvalue weighted by molar-refractivity contribution is 5.91. The van der Waals surface area contributed by atoms with Crippen LogP contribution in [-0.4, -0.2) is 49.3 Å². The number of benzene rings is 1. The quantitative estimate of drug-likeness (QED) is 0.914. The van der Waals surface area contributed by atoms with Gasteiger partial charge in [-0.15, -0.1) is 0 Å². The van der Waals surface area contributed by atoms with Crippen molar-refractivity contribution in [1.29, 1.82) is 0 Å². The van der Waals surface area contributed by atoms with E-state index in [0.717, 1.165) is 25.2 Å². The highest BCUT2D eigenvalue weighted by atomic mass is 16.6. The Morgan fingerprint density at radius 1 is 1.32 bits per heavy atom. The van der Waals surface area contributed by atoms with E-state index >= 15 is 0 Å². The largest absolute Gasteiger partial charge is 0.443 e. The summed E-state index contributed by atoms with van der Waals surface area (Å²) in [6.07, 6.45) is 3.12. The van der Waals surface area contributed by atoms with Crippen LogP contribution in [0.25, 0.3) is 0 Å². The van der Waals surface area contributed by atoms with Crippen LogP contribution in [0.5, 0.6) is 0 Å². The van der Waals surface area contributed by atoms with Crippen LogP contribution in [0.4, 0.5) is 10.5 Å². The smallest absolute Gasteiger partial charge is 0.414 e. The predicted molar refractivity (Wildman–Crippen MR) is 101 cm³/mol. The summed E-state index contributed by atoms with van der Waals surface area (Å²) in [5.74, 6) is 0. The van der Waals surface area contributed by atoms with Crippen molar-refractivity contribution in [2.75, 3.05) is 31.6 Å². The molecule has 5 nitrogen and oxygen atoms in total. The summed E-state index contributed by atoms with van der Waals surface area (Å²) in [6, 6.07) is 6.87. The van der Waals surface area contributed by atoms with Gasteiger partial charge in [0.05, 0.1) is 5.69 Å². The second-order valence-electron chi connectivity index (χ2n) is 8.29. The van der Waals surface area contributed by atoms with Crippen molar-refractivity contribution >= 4 is 11.8 Å². The average Bonchev–Trinajstić information content (AvgIpc) is 2.96. The molecule has 25 heavy (non-hydrogen) atoms. The van der Waals surface area contributed by atoms with Crippen LogP contribution < -0.4 is 10.2 Å². The summed E-state index contributed by atoms with van der Waals surface area (Å²) in [5, 5.41) is 3.69. The maximum atomic E-state index is 12.6. The fraction of sp³-hybridized carbons (Fsp3) is 0.650. The van der Waals surface area contributed by atoms with Crippen LogP contribution in [-0.2, 0) is 17.7 Å². The molecule has 2 aliphatic heterocycles. The second-order valence-corrected chi connectivity index (χ2v) is 8.29. The van der Waals surface area contributed by atoms with Gasteiger partial charge in [-0.25, -0.2) is 4.79 Å². The molecule has 0 radical (unpaired) electrons. The Labute approximate surface area is 151 Å². The zero-order valence-electron chi connectivity index (χ0n) is 16.0. The molecular formula is C20H31N3O2. The van der Waals surface area contributed by atoms with Crippen LogP contribution in [0.15, 0.2) is 18.2 Å². The SMILES string of the molecule is CN1CCCC(NCc2cccc3c2N(C(=O)OC(C)(C)C)CC3)C1. The lowest BCUT2D eigenvalue weighted by Gasteiger charge is -2.31. The molecule has 3 rings (SSSR count). The zero-order valence-corrected chi connectivity index (χ0v) is 16.0. The van der Waals surface area contributed by atoms with Crippen LogP contribution >= 0.6 is 0 Å². The first kappa shape index (κ1) is 18.2. The number of likely N-dealkylation sites (N-methyl/N-ethyl adjacent to an activating group) is 1. The molecule has 0 aromatic heterocycles. The van der Waals surface area contributed by atoms with E-state index in [4.69, 9.17) is 4.74 Å². The van der Waals surface area contributed by atoms with E-state index < -0.39 is 5.60 Å². The van der Waals surface area contributed by atoms with Crippen LogP contribution in [0, 0.1) is 0 Å². The highest BCUT2D eigenvalue weighted by Crippen LogP contribution is 2.33. The number of rotatable bonds is 3. The van der Waals surface area contributed by atoms with Crippen molar-refractivity contribution in [3.05, 3.63) is 29.3 Å². The first-order valence-corrected chi connectivity index (χ1v) is 9.37. The topological polar surface area (TPSA) is 44.8 Å². The summed E-state index contributed by atoms with van der Waals surface area (Å²) in [7, 11) is 2.18. The number of piperidine rings is 1. The highest BCUT2D eigenvalue weighted by Gasteiger charge is 2.31. The van der Waals surface area contributed by atoms with Gasteiger partial charge in [-0.1, -0.05) is 18.2 Å². The molecule has 5 heteroatoms. The number of hydrogen-bond donors (Lipinski definition) is 1. The molecule has 138 valence electrons. The minimum Gasteiger partial charge on any atom is -0.443 e. The Morgan fingerprint density at radius 3 is 2.84 bits per heavy atom. The summed E-state index contributed by atoms with van der Waals surface area (Å²) in [6.45, 7) is 9.50. The molecule has 0 spiro atoms. The maximum Gasteiger partial charge on any atom is 0.414 e. The zero-order chi connectivity index (χ0) is 18.0. The van der Waals surface area contributed by atoms with Crippen LogP contribution in [0.3, 0.4) is 0 Å². The molecule has 1 atom stereocenters. The number of carbonyl (C=O) groups is 1. The van der Waals surface area contributed by atoms with E-state index in [1.165, 1.54) is 30.5 Å².